The number of thioether (sulfide) groups is 1. The second-order valence-electron chi connectivity index (χ2n) is 6.72. The summed E-state index contributed by atoms with van der Waals surface area (Å²) in [5.74, 6) is 0.395. The average Bonchev–Trinajstić information content (AvgIpc) is 3.35. The van der Waals surface area contributed by atoms with Crippen molar-refractivity contribution in [3.63, 3.8) is 0 Å². The van der Waals surface area contributed by atoms with E-state index >= 15 is 0 Å². The highest BCUT2D eigenvalue weighted by Crippen LogP contribution is 2.39. The summed E-state index contributed by atoms with van der Waals surface area (Å²) in [4.78, 5) is 16.7. The van der Waals surface area contributed by atoms with Gasteiger partial charge in [0.25, 0.3) is 0 Å². The standard InChI is InChI=1S/C19H22N4OS/c1-13-5-4-6-16(14(13)2)23-10-9-21-18(23)25-11-17(24)22-19(3,12-20)15-7-8-15/h4-6,9-10,15H,7-8,11H2,1-3H3,(H,22,24). The minimum absolute atomic E-state index is 0.128. The van der Waals surface area contributed by atoms with Crippen LogP contribution in [0.5, 0.6) is 0 Å². The van der Waals surface area contributed by atoms with E-state index in [2.05, 4.69) is 36.3 Å². The number of amides is 1. The molecule has 1 fully saturated rings. The fourth-order valence-electron chi connectivity index (χ4n) is 2.91. The minimum Gasteiger partial charge on any atom is -0.337 e. The molecule has 1 heterocycles. The van der Waals surface area contributed by atoms with Crippen LogP contribution in [-0.4, -0.2) is 26.8 Å². The van der Waals surface area contributed by atoms with Crippen molar-refractivity contribution in [3.8, 4) is 11.8 Å². The predicted molar refractivity (Wildman–Crippen MR) is 98.6 cm³/mol. The zero-order valence-corrected chi connectivity index (χ0v) is 15.6. The van der Waals surface area contributed by atoms with Gasteiger partial charge in [0.1, 0.15) is 5.54 Å². The smallest absolute Gasteiger partial charge is 0.231 e. The number of aryl methyl sites for hydroxylation is 1. The number of nitrogens with zero attached hydrogens (tertiary/aromatic N) is 3. The number of aromatic nitrogens is 2. The van der Waals surface area contributed by atoms with Gasteiger partial charge in [-0.25, -0.2) is 4.98 Å². The molecule has 0 radical (unpaired) electrons. The van der Waals surface area contributed by atoms with E-state index in [9.17, 15) is 10.1 Å². The van der Waals surface area contributed by atoms with E-state index in [0.29, 0.717) is 0 Å². The lowest BCUT2D eigenvalue weighted by molar-refractivity contribution is -0.119. The summed E-state index contributed by atoms with van der Waals surface area (Å²) in [5, 5.41) is 13.0. The van der Waals surface area contributed by atoms with Crippen LogP contribution in [0.3, 0.4) is 0 Å². The summed E-state index contributed by atoms with van der Waals surface area (Å²) in [6, 6.07) is 8.40. The topological polar surface area (TPSA) is 70.7 Å². The summed E-state index contributed by atoms with van der Waals surface area (Å²) in [6.45, 7) is 5.97. The van der Waals surface area contributed by atoms with E-state index in [4.69, 9.17) is 0 Å². The number of nitrogens with one attached hydrogen (secondary N) is 1. The Morgan fingerprint density at radius 3 is 2.92 bits per heavy atom. The SMILES string of the molecule is Cc1cccc(-n2ccnc2SCC(=O)NC(C)(C#N)C2CC2)c1C. The van der Waals surface area contributed by atoms with Gasteiger partial charge in [-0.05, 0) is 56.7 Å². The van der Waals surface area contributed by atoms with Crippen molar-refractivity contribution in [3.05, 3.63) is 41.7 Å². The van der Waals surface area contributed by atoms with E-state index in [1.807, 2.05) is 29.8 Å². The van der Waals surface area contributed by atoms with Gasteiger partial charge in [-0.3, -0.25) is 9.36 Å². The van der Waals surface area contributed by atoms with Crippen molar-refractivity contribution in [1.82, 2.24) is 14.9 Å². The van der Waals surface area contributed by atoms with Gasteiger partial charge in [-0.1, -0.05) is 23.9 Å². The molecule has 1 aromatic heterocycles. The van der Waals surface area contributed by atoms with Crippen LogP contribution in [0.25, 0.3) is 5.69 Å². The molecule has 130 valence electrons. The van der Waals surface area contributed by atoms with E-state index in [0.717, 1.165) is 23.7 Å². The number of imidazole rings is 1. The molecule has 0 saturated heterocycles. The number of hydrogen-bond donors (Lipinski definition) is 1. The highest BCUT2D eigenvalue weighted by molar-refractivity contribution is 7.99. The maximum Gasteiger partial charge on any atom is 0.231 e. The van der Waals surface area contributed by atoms with Gasteiger partial charge in [0.15, 0.2) is 5.16 Å². The molecule has 6 heteroatoms. The zero-order valence-electron chi connectivity index (χ0n) is 14.7. The van der Waals surface area contributed by atoms with Crippen molar-refractivity contribution < 1.29 is 4.79 Å². The highest BCUT2D eigenvalue weighted by Gasteiger charge is 2.42. The van der Waals surface area contributed by atoms with E-state index in [-0.39, 0.29) is 17.6 Å². The number of benzene rings is 1. The van der Waals surface area contributed by atoms with Gasteiger partial charge in [0.2, 0.25) is 5.91 Å². The fourth-order valence-corrected chi connectivity index (χ4v) is 3.68. The Kier molecular flexibility index (Phi) is 4.87. The molecule has 3 rings (SSSR count). The number of nitriles is 1. The molecule has 1 N–H and O–H groups in total. The second kappa shape index (κ2) is 6.93. The van der Waals surface area contributed by atoms with Gasteiger partial charge < -0.3 is 5.32 Å². The third-order valence-electron chi connectivity index (χ3n) is 4.80. The molecule has 1 atom stereocenters. The van der Waals surface area contributed by atoms with Crippen LogP contribution < -0.4 is 5.32 Å². The molecule has 0 spiro atoms. The van der Waals surface area contributed by atoms with Crippen molar-refractivity contribution in [2.75, 3.05) is 5.75 Å². The minimum atomic E-state index is -0.750. The molecule has 1 unspecified atom stereocenters. The van der Waals surface area contributed by atoms with Gasteiger partial charge in [-0.2, -0.15) is 5.26 Å². The normalized spacial score (nSPS) is 16.1. The molecule has 1 saturated carbocycles. The Labute approximate surface area is 152 Å². The molecule has 1 aliphatic rings. The molecular formula is C19H22N4OS. The first-order chi connectivity index (χ1) is 11.9. The third-order valence-corrected chi connectivity index (χ3v) is 5.77. The Morgan fingerprint density at radius 2 is 2.24 bits per heavy atom. The molecule has 2 aromatic rings. The van der Waals surface area contributed by atoms with Gasteiger partial charge in [0.05, 0.1) is 17.5 Å². The van der Waals surface area contributed by atoms with Crippen molar-refractivity contribution in [1.29, 1.82) is 5.26 Å². The first kappa shape index (κ1) is 17.6. The van der Waals surface area contributed by atoms with E-state index < -0.39 is 5.54 Å². The van der Waals surface area contributed by atoms with Gasteiger partial charge in [0, 0.05) is 12.4 Å². The lowest BCUT2D eigenvalue weighted by atomic mass is 9.98. The molecule has 5 nitrogen and oxygen atoms in total. The maximum absolute atomic E-state index is 12.3. The first-order valence-electron chi connectivity index (χ1n) is 8.39. The van der Waals surface area contributed by atoms with Gasteiger partial charge in [-0.15, -0.1) is 0 Å². The largest absolute Gasteiger partial charge is 0.337 e. The monoisotopic (exact) mass is 354 g/mol. The number of rotatable bonds is 6. The lowest BCUT2D eigenvalue weighted by Crippen LogP contribution is -2.47. The Bertz CT molecular complexity index is 834. The Hall–Kier alpha value is -2.26. The van der Waals surface area contributed by atoms with Crippen LogP contribution in [-0.2, 0) is 4.79 Å². The van der Waals surface area contributed by atoms with Crippen LogP contribution in [0.1, 0.15) is 30.9 Å². The van der Waals surface area contributed by atoms with Crippen molar-refractivity contribution in [2.24, 2.45) is 5.92 Å². The summed E-state index contributed by atoms with van der Waals surface area (Å²) < 4.78 is 2.00. The average molecular weight is 354 g/mol. The molecule has 1 aliphatic carbocycles. The quantitative estimate of drug-likeness (QED) is 0.807. The molecule has 25 heavy (non-hydrogen) atoms. The summed E-state index contributed by atoms with van der Waals surface area (Å²) in [6.07, 6.45) is 5.67. The summed E-state index contributed by atoms with van der Waals surface area (Å²) in [7, 11) is 0. The number of hydrogen-bond acceptors (Lipinski definition) is 4. The van der Waals surface area contributed by atoms with Crippen LogP contribution in [0.2, 0.25) is 0 Å². The van der Waals surface area contributed by atoms with Crippen LogP contribution in [0.4, 0.5) is 0 Å². The zero-order chi connectivity index (χ0) is 18.0. The first-order valence-corrected chi connectivity index (χ1v) is 9.38. The van der Waals surface area contributed by atoms with Crippen LogP contribution in [0, 0.1) is 31.1 Å². The molecule has 0 bridgehead atoms. The van der Waals surface area contributed by atoms with Gasteiger partial charge >= 0.3 is 0 Å². The lowest BCUT2D eigenvalue weighted by Gasteiger charge is -2.22. The van der Waals surface area contributed by atoms with Crippen molar-refractivity contribution in [2.45, 2.75) is 44.3 Å². The summed E-state index contributed by atoms with van der Waals surface area (Å²) in [5.41, 5.74) is 2.73. The maximum atomic E-state index is 12.3. The van der Waals surface area contributed by atoms with Crippen molar-refractivity contribution >= 4 is 17.7 Å². The Balaban J connectivity index is 1.69. The van der Waals surface area contributed by atoms with E-state index in [1.54, 1.807) is 6.20 Å². The molecule has 1 amide bonds. The highest BCUT2D eigenvalue weighted by atomic mass is 32.2. The fraction of sp³-hybridized carbons (Fsp3) is 0.421. The number of carbonyl (C=O) groups is 1. The molecule has 0 aliphatic heterocycles. The second-order valence-corrected chi connectivity index (χ2v) is 7.67. The Morgan fingerprint density at radius 1 is 1.48 bits per heavy atom. The summed E-state index contributed by atoms with van der Waals surface area (Å²) >= 11 is 1.38. The molecular weight excluding hydrogens is 332 g/mol. The number of carbonyl (C=O) groups excluding carboxylic acids is 1. The molecule has 1 aromatic carbocycles. The van der Waals surface area contributed by atoms with Crippen LogP contribution >= 0.6 is 11.8 Å². The predicted octanol–water partition coefficient (Wildman–Crippen LogP) is 3.39. The van der Waals surface area contributed by atoms with Crippen LogP contribution in [0.15, 0.2) is 35.7 Å². The van der Waals surface area contributed by atoms with E-state index in [1.165, 1.54) is 22.9 Å². The third kappa shape index (κ3) is 3.72.